The molecule has 0 saturated carbocycles. The van der Waals surface area contributed by atoms with Crippen LogP contribution in [0.25, 0.3) is 10.8 Å². The molecule has 2 aliphatic rings. The van der Waals surface area contributed by atoms with Gasteiger partial charge >= 0.3 is 6.09 Å². The third-order valence-corrected chi connectivity index (χ3v) is 9.16. The van der Waals surface area contributed by atoms with E-state index in [0.717, 1.165) is 45.4 Å². The second-order valence-corrected chi connectivity index (χ2v) is 13.5. The lowest BCUT2D eigenvalue weighted by Crippen LogP contribution is -2.46. The minimum absolute atomic E-state index is 0.0583. The summed E-state index contributed by atoms with van der Waals surface area (Å²) in [7, 11) is 0. The number of carboxylic acid groups (broad SMARTS) is 1. The predicted molar refractivity (Wildman–Crippen MR) is 193 cm³/mol. The third kappa shape index (κ3) is 10.9. The first-order valence-electron chi connectivity index (χ1n) is 17.8. The standard InChI is InChI=1S/C41H49NO9/c1-41(2)50-29-37(51-41)28-46-21-22-48-36-16-11-32-10-9-31(23-34(32)24-36)27-49-39-25-42(40(43)44)18-17-38(39)33-12-14-35(15-13-33)47-20-6-19-45-26-30-7-4-3-5-8-30/h3-5,7-16,23-24,37-39H,6,17-22,25-29H2,1-2H3,(H,43,44)/t37-,38+,39-/m0/s1. The molecule has 51 heavy (non-hydrogen) atoms. The molecule has 272 valence electrons. The van der Waals surface area contributed by atoms with Crippen LogP contribution in [0.3, 0.4) is 0 Å². The number of piperidine rings is 1. The molecule has 0 unspecified atom stereocenters. The van der Waals surface area contributed by atoms with Gasteiger partial charge in [0.25, 0.3) is 0 Å². The Kier molecular flexibility index (Phi) is 12.8. The molecule has 0 radical (unpaired) electrons. The summed E-state index contributed by atoms with van der Waals surface area (Å²) in [5.41, 5.74) is 3.28. The molecule has 10 heteroatoms. The molecule has 1 N–H and O–H groups in total. The summed E-state index contributed by atoms with van der Waals surface area (Å²) in [5.74, 6) is 1.06. The smallest absolute Gasteiger partial charge is 0.407 e. The Bertz CT molecular complexity index is 1680. The first-order chi connectivity index (χ1) is 24.8. The number of amides is 1. The molecule has 1 amide bonds. The number of ether oxygens (including phenoxy) is 7. The largest absolute Gasteiger partial charge is 0.494 e. The fourth-order valence-corrected chi connectivity index (χ4v) is 6.50. The Hall–Kier alpha value is -4.19. The van der Waals surface area contributed by atoms with Crippen molar-refractivity contribution in [3.05, 3.63) is 108 Å². The van der Waals surface area contributed by atoms with Crippen LogP contribution in [0.5, 0.6) is 11.5 Å². The number of rotatable bonds is 17. The van der Waals surface area contributed by atoms with E-state index in [4.69, 9.17) is 33.2 Å². The molecule has 3 atom stereocenters. The Labute approximate surface area is 300 Å². The molecule has 0 bridgehead atoms. The maximum Gasteiger partial charge on any atom is 0.407 e. The van der Waals surface area contributed by atoms with Gasteiger partial charge in [-0.05, 0) is 78.1 Å². The van der Waals surface area contributed by atoms with Gasteiger partial charge in [0.05, 0.1) is 58.9 Å². The van der Waals surface area contributed by atoms with Crippen LogP contribution in [0, 0.1) is 0 Å². The summed E-state index contributed by atoms with van der Waals surface area (Å²) in [4.78, 5) is 13.3. The van der Waals surface area contributed by atoms with Gasteiger partial charge < -0.3 is 43.2 Å². The number of fused-ring (bicyclic) bond motifs is 1. The Morgan fingerprint density at radius 3 is 2.39 bits per heavy atom. The topological polar surface area (TPSA) is 105 Å². The molecular weight excluding hydrogens is 650 g/mol. The van der Waals surface area contributed by atoms with Crippen molar-refractivity contribution in [3.63, 3.8) is 0 Å². The highest BCUT2D eigenvalue weighted by molar-refractivity contribution is 5.84. The second kappa shape index (κ2) is 17.8. The van der Waals surface area contributed by atoms with Gasteiger partial charge in [0.15, 0.2) is 5.79 Å². The lowest BCUT2D eigenvalue weighted by Gasteiger charge is -2.37. The summed E-state index contributed by atoms with van der Waals surface area (Å²) >= 11 is 0. The van der Waals surface area contributed by atoms with E-state index in [1.165, 1.54) is 4.90 Å². The predicted octanol–water partition coefficient (Wildman–Crippen LogP) is 7.43. The van der Waals surface area contributed by atoms with E-state index >= 15 is 0 Å². The quantitative estimate of drug-likeness (QED) is 0.113. The number of carbonyl (C=O) groups is 1. The zero-order chi connectivity index (χ0) is 35.5. The minimum Gasteiger partial charge on any atom is -0.494 e. The van der Waals surface area contributed by atoms with Gasteiger partial charge in [-0.1, -0.05) is 60.7 Å². The van der Waals surface area contributed by atoms with Gasteiger partial charge in [0, 0.05) is 18.9 Å². The number of benzene rings is 4. The van der Waals surface area contributed by atoms with Crippen molar-refractivity contribution in [1.29, 1.82) is 0 Å². The van der Waals surface area contributed by atoms with E-state index in [2.05, 4.69) is 42.5 Å². The average Bonchev–Trinajstić information content (AvgIpc) is 3.50. The van der Waals surface area contributed by atoms with E-state index in [0.29, 0.717) is 72.4 Å². The van der Waals surface area contributed by atoms with Crippen molar-refractivity contribution >= 4 is 16.9 Å². The number of hydrogen-bond donors (Lipinski definition) is 1. The highest BCUT2D eigenvalue weighted by Gasteiger charge is 2.34. The summed E-state index contributed by atoms with van der Waals surface area (Å²) in [6.07, 6.45) is 0.192. The average molecular weight is 700 g/mol. The lowest BCUT2D eigenvalue weighted by atomic mass is 9.87. The van der Waals surface area contributed by atoms with Gasteiger partial charge in [-0.2, -0.15) is 0 Å². The van der Waals surface area contributed by atoms with Crippen molar-refractivity contribution < 1.29 is 43.1 Å². The molecule has 2 heterocycles. The summed E-state index contributed by atoms with van der Waals surface area (Å²) in [6.45, 7) is 8.59. The van der Waals surface area contributed by atoms with Crippen LogP contribution in [0.4, 0.5) is 4.79 Å². The minimum atomic E-state index is -0.924. The van der Waals surface area contributed by atoms with E-state index < -0.39 is 11.9 Å². The van der Waals surface area contributed by atoms with Gasteiger partial charge in [-0.3, -0.25) is 0 Å². The van der Waals surface area contributed by atoms with Gasteiger partial charge in [0.2, 0.25) is 0 Å². The van der Waals surface area contributed by atoms with Crippen molar-refractivity contribution in [2.75, 3.05) is 52.7 Å². The zero-order valence-electron chi connectivity index (χ0n) is 29.5. The van der Waals surface area contributed by atoms with Crippen LogP contribution >= 0.6 is 0 Å². The van der Waals surface area contributed by atoms with Gasteiger partial charge in [0.1, 0.15) is 24.2 Å². The maximum absolute atomic E-state index is 11.9. The molecule has 6 rings (SSSR count). The highest BCUT2D eigenvalue weighted by atomic mass is 16.7. The summed E-state index contributed by atoms with van der Waals surface area (Å²) in [5, 5.41) is 11.9. The van der Waals surface area contributed by atoms with E-state index in [-0.39, 0.29) is 18.1 Å². The zero-order valence-corrected chi connectivity index (χ0v) is 29.5. The molecular formula is C41H49NO9. The van der Waals surface area contributed by atoms with E-state index in [1.807, 2.05) is 62.4 Å². The van der Waals surface area contributed by atoms with Crippen LogP contribution in [0.15, 0.2) is 91.0 Å². The Balaban J connectivity index is 0.984. The first-order valence-corrected chi connectivity index (χ1v) is 17.8. The number of hydrogen-bond acceptors (Lipinski definition) is 8. The van der Waals surface area contributed by atoms with Gasteiger partial charge in [-0.25, -0.2) is 4.79 Å². The normalized spacial score (nSPS) is 20.0. The molecule has 2 aliphatic heterocycles. The van der Waals surface area contributed by atoms with Gasteiger partial charge in [-0.15, -0.1) is 0 Å². The molecule has 2 fully saturated rings. The first kappa shape index (κ1) is 36.6. The molecule has 10 nitrogen and oxygen atoms in total. The van der Waals surface area contributed by atoms with Crippen LogP contribution in [0.2, 0.25) is 0 Å². The molecule has 0 aromatic heterocycles. The fourth-order valence-electron chi connectivity index (χ4n) is 6.50. The molecule has 2 saturated heterocycles. The van der Waals surface area contributed by atoms with E-state index in [9.17, 15) is 9.90 Å². The third-order valence-electron chi connectivity index (χ3n) is 9.16. The van der Waals surface area contributed by atoms with Crippen LogP contribution < -0.4 is 9.47 Å². The van der Waals surface area contributed by atoms with Crippen molar-refractivity contribution in [3.8, 4) is 11.5 Å². The van der Waals surface area contributed by atoms with E-state index in [1.54, 1.807) is 0 Å². The highest BCUT2D eigenvalue weighted by Crippen LogP contribution is 2.33. The van der Waals surface area contributed by atoms with Crippen molar-refractivity contribution in [2.45, 2.75) is 63.8 Å². The Morgan fingerprint density at radius 2 is 1.61 bits per heavy atom. The van der Waals surface area contributed by atoms with Crippen LogP contribution in [-0.4, -0.2) is 86.8 Å². The van der Waals surface area contributed by atoms with Crippen molar-refractivity contribution in [1.82, 2.24) is 4.90 Å². The molecule has 0 aliphatic carbocycles. The molecule has 4 aromatic rings. The maximum atomic E-state index is 11.9. The number of nitrogens with zero attached hydrogens (tertiary/aromatic N) is 1. The summed E-state index contributed by atoms with van der Waals surface area (Å²) in [6, 6.07) is 30.5. The van der Waals surface area contributed by atoms with Crippen molar-refractivity contribution in [2.24, 2.45) is 0 Å². The second-order valence-electron chi connectivity index (χ2n) is 13.5. The lowest BCUT2D eigenvalue weighted by molar-refractivity contribution is -0.145. The fraction of sp³-hybridized carbons (Fsp3) is 0.439. The Morgan fingerprint density at radius 1 is 0.824 bits per heavy atom. The summed E-state index contributed by atoms with van der Waals surface area (Å²) < 4.78 is 41.3. The van der Waals surface area contributed by atoms with Crippen LogP contribution in [-0.2, 0) is 36.9 Å². The van der Waals surface area contributed by atoms with Crippen LogP contribution in [0.1, 0.15) is 49.3 Å². The SMILES string of the molecule is CC1(C)OC[C@H](COCCOc2ccc3ccc(CO[C@H]4CN(C(=O)O)CC[C@@H]4c4ccc(OCCCOCc5ccccc5)cc4)cc3c2)O1. The number of likely N-dealkylation sites (tertiary alicyclic amines) is 1. The molecule has 4 aromatic carbocycles. The molecule has 0 spiro atoms. The monoisotopic (exact) mass is 699 g/mol.